The van der Waals surface area contributed by atoms with Crippen LogP contribution < -0.4 is 10.6 Å². The number of rotatable bonds is 7. The van der Waals surface area contributed by atoms with Crippen molar-refractivity contribution in [1.82, 2.24) is 5.32 Å². The first kappa shape index (κ1) is 15.7. The van der Waals surface area contributed by atoms with Gasteiger partial charge in [-0.1, -0.05) is 0 Å². The van der Waals surface area contributed by atoms with Crippen molar-refractivity contribution in [3.05, 3.63) is 29.6 Å². The lowest BCUT2D eigenvalue weighted by Crippen LogP contribution is -2.25. The van der Waals surface area contributed by atoms with Crippen LogP contribution >= 0.6 is 0 Å². The third kappa shape index (κ3) is 5.44. The Morgan fingerprint density at radius 2 is 1.89 bits per heavy atom. The number of hydrogen-bond donors (Lipinski definition) is 2. The van der Waals surface area contributed by atoms with Gasteiger partial charge in [-0.2, -0.15) is 13.2 Å². The highest BCUT2D eigenvalue weighted by Crippen LogP contribution is 2.31. The highest BCUT2D eigenvalue weighted by atomic mass is 19.4. The third-order valence-corrected chi connectivity index (χ3v) is 2.40. The van der Waals surface area contributed by atoms with E-state index in [1.807, 2.05) is 0 Å². The molecule has 0 radical (unpaired) electrons. The van der Waals surface area contributed by atoms with Crippen molar-refractivity contribution in [3.63, 3.8) is 0 Å². The minimum atomic E-state index is -4.53. The average Bonchev–Trinajstić information content (AvgIpc) is 2.34. The van der Waals surface area contributed by atoms with Crippen molar-refractivity contribution in [1.29, 1.82) is 0 Å². The van der Waals surface area contributed by atoms with Gasteiger partial charge >= 0.3 is 6.18 Å². The predicted molar refractivity (Wildman–Crippen MR) is 64.6 cm³/mol. The molecule has 2 N–H and O–H groups in total. The van der Waals surface area contributed by atoms with Gasteiger partial charge in [-0.3, -0.25) is 0 Å². The Morgan fingerprint density at radius 1 is 1.16 bits per heavy atom. The maximum Gasteiger partial charge on any atom is 0.416 e. The van der Waals surface area contributed by atoms with E-state index in [0.717, 1.165) is 12.1 Å². The van der Waals surface area contributed by atoms with Crippen molar-refractivity contribution in [2.45, 2.75) is 6.18 Å². The Bertz CT molecular complexity index is 396. The van der Waals surface area contributed by atoms with E-state index in [0.29, 0.717) is 32.3 Å². The Balaban J connectivity index is 2.43. The largest absolute Gasteiger partial charge is 0.416 e. The first-order valence-electron chi connectivity index (χ1n) is 5.75. The van der Waals surface area contributed by atoms with Gasteiger partial charge in [0.25, 0.3) is 0 Å². The van der Waals surface area contributed by atoms with Gasteiger partial charge in [-0.25, -0.2) is 4.39 Å². The van der Waals surface area contributed by atoms with Crippen LogP contribution in [-0.2, 0) is 10.9 Å². The molecule has 0 aliphatic rings. The van der Waals surface area contributed by atoms with Crippen LogP contribution in [0.25, 0.3) is 0 Å². The first-order valence-corrected chi connectivity index (χ1v) is 5.75. The van der Waals surface area contributed by atoms with Gasteiger partial charge in [0.1, 0.15) is 5.82 Å². The molecule has 0 saturated heterocycles. The summed E-state index contributed by atoms with van der Waals surface area (Å²) in [4.78, 5) is 0. The van der Waals surface area contributed by atoms with Gasteiger partial charge in [0.15, 0.2) is 0 Å². The molecule has 0 aromatic heterocycles. The van der Waals surface area contributed by atoms with Crippen LogP contribution in [0.1, 0.15) is 5.56 Å². The fraction of sp³-hybridized carbons (Fsp3) is 0.500. The molecule has 19 heavy (non-hydrogen) atoms. The van der Waals surface area contributed by atoms with Gasteiger partial charge in [0, 0.05) is 26.7 Å². The smallest absolute Gasteiger partial charge is 0.383 e. The lowest BCUT2D eigenvalue weighted by atomic mass is 10.2. The summed E-state index contributed by atoms with van der Waals surface area (Å²) in [5.41, 5.74) is -0.935. The molecular weight excluding hydrogens is 264 g/mol. The highest BCUT2D eigenvalue weighted by Gasteiger charge is 2.31. The molecule has 1 aromatic rings. The van der Waals surface area contributed by atoms with Crippen molar-refractivity contribution in [2.24, 2.45) is 0 Å². The Labute approximate surface area is 108 Å². The summed E-state index contributed by atoms with van der Waals surface area (Å²) in [6, 6.07) is 2.43. The fourth-order valence-electron chi connectivity index (χ4n) is 1.42. The molecule has 0 heterocycles. The van der Waals surface area contributed by atoms with Gasteiger partial charge in [-0.05, 0) is 18.2 Å². The van der Waals surface area contributed by atoms with E-state index in [1.165, 1.54) is 0 Å². The van der Waals surface area contributed by atoms with Gasteiger partial charge in [-0.15, -0.1) is 0 Å². The lowest BCUT2D eigenvalue weighted by molar-refractivity contribution is -0.137. The van der Waals surface area contributed by atoms with Crippen molar-refractivity contribution < 1.29 is 22.3 Å². The molecule has 0 amide bonds. The maximum absolute atomic E-state index is 13.4. The number of nitrogens with one attached hydrogen (secondary N) is 2. The second-order valence-corrected chi connectivity index (χ2v) is 3.86. The molecule has 0 bridgehead atoms. The number of ether oxygens (including phenoxy) is 1. The molecule has 0 unspecified atom stereocenters. The van der Waals surface area contributed by atoms with E-state index in [9.17, 15) is 17.6 Å². The van der Waals surface area contributed by atoms with E-state index in [1.54, 1.807) is 7.11 Å². The van der Waals surface area contributed by atoms with Crippen LogP contribution in [-0.4, -0.2) is 33.4 Å². The highest BCUT2D eigenvalue weighted by molar-refractivity contribution is 5.46. The van der Waals surface area contributed by atoms with E-state index in [2.05, 4.69) is 10.6 Å². The molecule has 3 nitrogen and oxygen atoms in total. The van der Waals surface area contributed by atoms with Crippen LogP contribution in [0.4, 0.5) is 23.2 Å². The predicted octanol–water partition coefficient (Wildman–Crippen LogP) is 2.49. The molecule has 1 rings (SSSR count). The molecule has 0 aliphatic heterocycles. The van der Waals surface area contributed by atoms with Crippen molar-refractivity contribution in [2.75, 3.05) is 38.7 Å². The van der Waals surface area contributed by atoms with Crippen LogP contribution in [0.5, 0.6) is 0 Å². The number of halogens is 4. The zero-order valence-electron chi connectivity index (χ0n) is 10.5. The number of alkyl halides is 3. The summed E-state index contributed by atoms with van der Waals surface area (Å²) < 4.78 is 55.2. The molecular formula is C12H16F4N2O. The normalized spacial score (nSPS) is 11.6. The number of methoxy groups -OCH3 is 1. The van der Waals surface area contributed by atoms with Crippen LogP contribution in [0.15, 0.2) is 18.2 Å². The minimum Gasteiger partial charge on any atom is -0.383 e. The molecule has 0 atom stereocenters. The summed E-state index contributed by atoms with van der Waals surface area (Å²) >= 11 is 0. The standard InChI is InChI=1S/C12H16F4N2O/c1-19-7-6-17-4-5-18-11-3-2-9(8-10(11)13)12(14,15)16/h2-3,8,17-18H,4-7H2,1H3. The molecule has 7 heteroatoms. The molecule has 108 valence electrons. The summed E-state index contributed by atoms with van der Waals surface area (Å²) in [5, 5.41) is 5.74. The second kappa shape index (κ2) is 7.30. The SMILES string of the molecule is COCCNCCNc1ccc(C(F)(F)F)cc1F. The number of benzene rings is 1. The fourth-order valence-corrected chi connectivity index (χ4v) is 1.42. The van der Waals surface area contributed by atoms with Crippen LogP contribution in [0.2, 0.25) is 0 Å². The molecule has 0 aliphatic carbocycles. The molecule has 1 aromatic carbocycles. The average molecular weight is 280 g/mol. The first-order chi connectivity index (χ1) is 8.95. The van der Waals surface area contributed by atoms with Gasteiger partial charge in [0.2, 0.25) is 0 Å². The van der Waals surface area contributed by atoms with E-state index >= 15 is 0 Å². The van der Waals surface area contributed by atoms with Crippen LogP contribution in [0, 0.1) is 5.82 Å². The van der Waals surface area contributed by atoms with E-state index in [-0.39, 0.29) is 5.69 Å². The minimum absolute atomic E-state index is 0.0570. The summed E-state index contributed by atoms with van der Waals surface area (Å²) in [6.07, 6.45) is -4.53. The van der Waals surface area contributed by atoms with E-state index in [4.69, 9.17) is 4.74 Å². The Kier molecular flexibility index (Phi) is 6.04. The summed E-state index contributed by atoms with van der Waals surface area (Å²) in [7, 11) is 1.58. The van der Waals surface area contributed by atoms with Crippen LogP contribution in [0.3, 0.4) is 0 Å². The van der Waals surface area contributed by atoms with Crippen molar-refractivity contribution in [3.8, 4) is 0 Å². The Hall–Kier alpha value is -1.34. The van der Waals surface area contributed by atoms with Gasteiger partial charge < -0.3 is 15.4 Å². The van der Waals surface area contributed by atoms with E-state index < -0.39 is 17.6 Å². The summed E-state index contributed by atoms with van der Waals surface area (Å²) in [5.74, 6) is -0.910. The zero-order chi connectivity index (χ0) is 14.3. The molecule has 0 saturated carbocycles. The molecule has 0 spiro atoms. The third-order valence-electron chi connectivity index (χ3n) is 2.40. The number of anilines is 1. The zero-order valence-corrected chi connectivity index (χ0v) is 10.5. The van der Waals surface area contributed by atoms with Crippen molar-refractivity contribution >= 4 is 5.69 Å². The quantitative estimate of drug-likeness (QED) is 0.594. The second-order valence-electron chi connectivity index (χ2n) is 3.86. The van der Waals surface area contributed by atoms with Gasteiger partial charge in [0.05, 0.1) is 17.9 Å². The number of hydrogen-bond acceptors (Lipinski definition) is 3. The summed E-state index contributed by atoms with van der Waals surface area (Å²) in [6.45, 7) is 2.19. The lowest BCUT2D eigenvalue weighted by Gasteiger charge is -2.11. The maximum atomic E-state index is 13.4. The Morgan fingerprint density at radius 3 is 2.47 bits per heavy atom. The molecule has 0 fully saturated rings. The topological polar surface area (TPSA) is 33.3 Å². The monoisotopic (exact) mass is 280 g/mol.